The zero-order valence-electron chi connectivity index (χ0n) is 10.4. The molecule has 1 heterocycles. The zero-order chi connectivity index (χ0) is 12.5. The maximum Gasteiger partial charge on any atom is 0.0860 e. The number of aryl methyl sites for hydroxylation is 1. The molecule has 17 heavy (non-hydrogen) atoms. The lowest BCUT2D eigenvalue weighted by molar-refractivity contribution is 0.0799. The van der Waals surface area contributed by atoms with Crippen LogP contribution in [0.3, 0.4) is 0 Å². The summed E-state index contributed by atoms with van der Waals surface area (Å²) < 4.78 is 1.72. The van der Waals surface area contributed by atoms with E-state index in [2.05, 4.69) is 10.3 Å². The van der Waals surface area contributed by atoms with E-state index in [0.717, 1.165) is 11.4 Å². The predicted molar refractivity (Wildman–Crippen MR) is 66.1 cm³/mol. The molecule has 1 N–H and O–H groups in total. The molecule has 0 saturated heterocycles. The largest absolute Gasteiger partial charge is 0.390 e. The molecular weight excluding hydrogens is 214 g/mol. The Kier molecular flexibility index (Phi) is 2.98. The van der Waals surface area contributed by atoms with Crippen LogP contribution in [0.1, 0.15) is 25.1 Å². The van der Waals surface area contributed by atoms with Crippen LogP contribution in [0.5, 0.6) is 0 Å². The second kappa shape index (κ2) is 4.30. The molecule has 0 radical (unpaired) electrons. The van der Waals surface area contributed by atoms with Crippen LogP contribution in [0, 0.1) is 6.92 Å². The molecule has 0 bridgehead atoms. The van der Waals surface area contributed by atoms with Gasteiger partial charge < -0.3 is 5.11 Å². The maximum atomic E-state index is 9.71. The monoisotopic (exact) mass is 231 g/mol. The summed E-state index contributed by atoms with van der Waals surface area (Å²) >= 11 is 0. The molecule has 90 valence electrons. The van der Waals surface area contributed by atoms with Crippen LogP contribution < -0.4 is 0 Å². The molecule has 0 aliphatic rings. The summed E-state index contributed by atoms with van der Waals surface area (Å²) in [5.74, 6) is 0. The molecule has 0 aliphatic carbocycles. The molecule has 0 atom stereocenters. The van der Waals surface area contributed by atoms with Crippen LogP contribution in [0.4, 0.5) is 0 Å². The number of aliphatic hydroxyl groups is 1. The van der Waals surface area contributed by atoms with E-state index in [1.165, 1.54) is 5.56 Å². The second-order valence-electron chi connectivity index (χ2n) is 4.98. The average molecular weight is 231 g/mol. The van der Waals surface area contributed by atoms with Crippen LogP contribution in [0.2, 0.25) is 0 Å². The molecule has 2 rings (SSSR count). The van der Waals surface area contributed by atoms with Crippen molar-refractivity contribution < 1.29 is 5.11 Å². The number of rotatable bonds is 3. The van der Waals surface area contributed by atoms with Crippen LogP contribution in [0.15, 0.2) is 30.5 Å². The average Bonchev–Trinajstić information content (AvgIpc) is 2.64. The lowest BCUT2D eigenvalue weighted by atomic mass is 10.0. The summed E-state index contributed by atoms with van der Waals surface area (Å²) in [5, 5.41) is 17.8. The fourth-order valence-electron chi connectivity index (χ4n) is 1.65. The van der Waals surface area contributed by atoms with Gasteiger partial charge in [0.05, 0.1) is 23.2 Å². The van der Waals surface area contributed by atoms with E-state index in [1.807, 2.05) is 37.4 Å². The van der Waals surface area contributed by atoms with Gasteiger partial charge in [-0.2, -0.15) is 0 Å². The lowest BCUT2D eigenvalue weighted by Crippen LogP contribution is -2.22. The summed E-state index contributed by atoms with van der Waals surface area (Å²) in [7, 11) is 0. The van der Waals surface area contributed by atoms with Crippen LogP contribution in [-0.2, 0) is 6.42 Å². The first kappa shape index (κ1) is 11.8. The number of hydrogen-bond acceptors (Lipinski definition) is 3. The Balaban J connectivity index is 2.21. The standard InChI is InChI=1S/C13H17N3O/c1-10-4-6-12(7-5-10)16-9-11(14-15-16)8-13(2,3)17/h4-7,9,17H,8H2,1-3H3. The van der Waals surface area contributed by atoms with Gasteiger partial charge in [-0.05, 0) is 32.9 Å². The van der Waals surface area contributed by atoms with E-state index in [-0.39, 0.29) is 0 Å². The number of benzene rings is 1. The molecule has 0 aliphatic heterocycles. The van der Waals surface area contributed by atoms with Crippen LogP contribution in [-0.4, -0.2) is 25.7 Å². The quantitative estimate of drug-likeness (QED) is 0.877. The van der Waals surface area contributed by atoms with Gasteiger partial charge in [-0.3, -0.25) is 0 Å². The van der Waals surface area contributed by atoms with Crippen molar-refractivity contribution in [3.63, 3.8) is 0 Å². The third-order valence-electron chi connectivity index (χ3n) is 2.45. The topological polar surface area (TPSA) is 50.9 Å². The molecule has 4 nitrogen and oxygen atoms in total. The number of nitrogens with zero attached hydrogens (tertiary/aromatic N) is 3. The van der Waals surface area contributed by atoms with E-state index in [4.69, 9.17) is 0 Å². The lowest BCUT2D eigenvalue weighted by Gasteiger charge is -2.13. The van der Waals surface area contributed by atoms with Crippen molar-refractivity contribution in [3.8, 4) is 5.69 Å². The van der Waals surface area contributed by atoms with Gasteiger partial charge in [0.2, 0.25) is 0 Å². The summed E-state index contributed by atoms with van der Waals surface area (Å²) in [4.78, 5) is 0. The molecule has 0 amide bonds. The van der Waals surface area contributed by atoms with Gasteiger partial charge >= 0.3 is 0 Å². The van der Waals surface area contributed by atoms with Crippen molar-refractivity contribution in [1.29, 1.82) is 0 Å². The zero-order valence-corrected chi connectivity index (χ0v) is 10.4. The minimum absolute atomic E-state index is 0.499. The van der Waals surface area contributed by atoms with Crippen molar-refractivity contribution >= 4 is 0 Å². The van der Waals surface area contributed by atoms with E-state index >= 15 is 0 Å². The number of aromatic nitrogens is 3. The molecular formula is C13H17N3O. The Morgan fingerprint density at radius 3 is 2.47 bits per heavy atom. The fourth-order valence-corrected chi connectivity index (χ4v) is 1.65. The first-order valence-corrected chi connectivity index (χ1v) is 5.65. The Bertz CT molecular complexity index is 494. The Labute approximate surface area is 101 Å². The molecule has 2 aromatic rings. The third-order valence-corrected chi connectivity index (χ3v) is 2.45. The Morgan fingerprint density at radius 1 is 1.24 bits per heavy atom. The third kappa shape index (κ3) is 3.14. The van der Waals surface area contributed by atoms with Gasteiger partial charge in [-0.1, -0.05) is 22.9 Å². The first-order valence-electron chi connectivity index (χ1n) is 5.65. The van der Waals surface area contributed by atoms with Gasteiger partial charge in [-0.15, -0.1) is 5.10 Å². The molecule has 4 heteroatoms. The minimum Gasteiger partial charge on any atom is -0.390 e. The van der Waals surface area contributed by atoms with Gasteiger partial charge in [0, 0.05) is 6.42 Å². The Morgan fingerprint density at radius 2 is 1.88 bits per heavy atom. The SMILES string of the molecule is Cc1ccc(-n2cc(CC(C)(C)O)nn2)cc1. The van der Waals surface area contributed by atoms with E-state index < -0.39 is 5.60 Å². The smallest absolute Gasteiger partial charge is 0.0860 e. The second-order valence-corrected chi connectivity index (χ2v) is 4.98. The highest BCUT2D eigenvalue weighted by atomic mass is 16.3. The Hall–Kier alpha value is -1.68. The minimum atomic E-state index is -0.756. The normalized spacial score (nSPS) is 11.8. The first-order chi connectivity index (χ1) is 7.94. The summed E-state index contributed by atoms with van der Waals surface area (Å²) in [6.07, 6.45) is 2.35. The highest BCUT2D eigenvalue weighted by molar-refractivity contribution is 5.33. The van der Waals surface area contributed by atoms with E-state index in [9.17, 15) is 5.11 Å². The van der Waals surface area contributed by atoms with Gasteiger partial charge in [0.25, 0.3) is 0 Å². The molecule has 1 aromatic heterocycles. The highest BCUT2D eigenvalue weighted by Crippen LogP contribution is 2.12. The summed E-state index contributed by atoms with van der Waals surface area (Å²) in [6, 6.07) is 8.06. The van der Waals surface area contributed by atoms with Crippen molar-refractivity contribution in [1.82, 2.24) is 15.0 Å². The summed E-state index contributed by atoms with van der Waals surface area (Å²) in [5.41, 5.74) is 2.22. The molecule has 1 aromatic carbocycles. The van der Waals surface area contributed by atoms with Crippen molar-refractivity contribution in [2.24, 2.45) is 0 Å². The van der Waals surface area contributed by atoms with Crippen molar-refractivity contribution in [3.05, 3.63) is 41.7 Å². The van der Waals surface area contributed by atoms with E-state index in [1.54, 1.807) is 18.5 Å². The molecule has 0 fully saturated rings. The molecule has 0 spiro atoms. The van der Waals surface area contributed by atoms with E-state index in [0.29, 0.717) is 6.42 Å². The van der Waals surface area contributed by atoms with Gasteiger partial charge in [-0.25, -0.2) is 4.68 Å². The fraction of sp³-hybridized carbons (Fsp3) is 0.385. The van der Waals surface area contributed by atoms with Gasteiger partial charge in [0.15, 0.2) is 0 Å². The van der Waals surface area contributed by atoms with Crippen LogP contribution in [0.25, 0.3) is 5.69 Å². The molecule has 0 saturated carbocycles. The van der Waals surface area contributed by atoms with Crippen LogP contribution >= 0.6 is 0 Å². The van der Waals surface area contributed by atoms with Crippen molar-refractivity contribution in [2.75, 3.05) is 0 Å². The number of hydrogen-bond donors (Lipinski definition) is 1. The predicted octanol–water partition coefficient (Wildman–Crippen LogP) is 1.89. The van der Waals surface area contributed by atoms with Gasteiger partial charge in [0.1, 0.15) is 0 Å². The maximum absolute atomic E-state index is 9.71. The highest BCUT2D eigenvalue weighted by Gasteiger charge is 2.16. The van der Waals surface area contributed by atoms with Crippen molar-refractivity contribution in [2.45, 2.75) is 32.8 Å². The summed E-state index contributed by atoms with van der Waals surface area (Å²) in [6.45, 7) is 5.57. The molecule has 0 unspecified atom stereocenters.